The van der Waals surface area contributed by atoms with Crippen LogP contribution in [0.25, 0.3) is 0 Å². The highest BCUT2D eigenvalue weighted by atomic mass is 35.5. The van der Waals surface area contributed by atoms with E-state index in [0.29, 0.717) is 24.5 Å². The first-order valence-corrected chi connectivity index (χ1v) is 8.27. The Morgan fingerprint density at radius 1 is 1.19 bits per heavy atom. The number of piperidine rings is 1. The number of amides is 1. The van der Waals surface area contributed by atoms with Crippen molar-refractivity contribution in [3.8, 4) is 0 Å². The molecule has 2 aliphatic rings. The van der Waals surface area contributed by atoms with Crippen molar-refractivity contribution in [1.29, 1.82) is 0 Å². The molecule has 4 nitrogen and oxygen atoms in total. The van der Waals surface area contributed by atoms with Gasteiger partial charge >= 0.3 is 0 Å². The Morgan fingerprint density at radius 3 is 2.48 bits per heavy atom. The first-order chi connectivity index (χ1) is 9.69. The van der Waals surface area contributed by atoms with Gasteiger partial charge in [0.05, 0.1) is 12.2 Å². The molecule has 1 N–H and O–H groups in total. The Labute approximate surface area is 135 Å². The van der Waals surface area contributed by atoms with Crippen LogP contribution in [0.3, 0.4) is 0 Å². The summed E-state index contributed by atoms with van der Waals surface area (Å²) in [7, 11) is 2.00. The minimum Gasteiger partial charge on any atom is -0.375 e. The standard InChI is InChI=1S/C16H30N2O2.ClH/c1-13-3-4-15(20-13)5-6-16(19)18-11-8-14(9-12-18)7-10-17-2;/h13-15,17H,3-12H2,1-2H3;1H. The van der Waals surface area contributed by atoms with Crippen LogP contribution in [0.5, 0.6) is 0 Å². The topological polar surface area (TPSA) is 41.6 Å². The average Bonchev–Trinajstić information content (AvgIpc) is 2.89. The Hall–Kier alpha value is -0.320. The van der Waals surface area contributed by atoms with Gasteiger partial charge in [0.25, 0.3) is 0 Å². The molecule has 2 fully saturated rings. The van der Waals surface area contributed by atoms with Crippen LogP contribution in [-0.4, -0.2) is 49.7 Å². The van der Waals surface area contributed by atoms with Crippen LogP contribution in [0.4, 0.5) is 0 Å². The third-order valence-corrected chi connectivity index (χ3v) is 4.77. The Balaban J connectivity index is 0.00000220. The molecule has 21 heavy (non-hydrogen) atoms. The van der Waals surface area contributed by atoms with Gasteiger partial charge in [-0.1, -0.05) is 0 Å². The maximum absolute atomic E-state index is 12.2. The van der Waals surface area contributed by atoms with Crippen molar-refractivity contribution in [3.63, 3.8) is 0 Å². The van der Waals surface area contributed by atoms with Gasteiger partial charge in [-0.3, -0.25) is 4.79 Å². The van der Waals surface area contributed by atoms with Crippen molar-refractivity contribution in [2.24, 2.45) is 5.92 Å². The van der Waals surface area contributed by atoms with Gasteiger partial charge in [-0.15, -0.1) is 12.4 Å². The maximum Gasteiger partial charge on any atom is 0.222 e. The summed E-state index contributed by atoms with van der Waals surface area (Å²) < 4.78 is 5.78. The zero-order chi connectivity index (χ0) is 14.4. The van der Waals surface area contributed by atoms with E-state index in [1.807, 2.05) is 7.05 Å². The number of nitrogens with one attached hydrogen (secondary N) is 1. The van der Waals surface area contributed by atoms with Crippen molar-refractivity contribution in [3.05, 3.63) is 0 Å². The number of hydrogen-bond acceptors (Lipinski definition) is 3. The summed E-state index contributed by atoms with van der Waals surface area (Å²) in [5, 5.41) is 3.21. The summed E-state index contributed by atoms with van der Waals surface area (Å²) in [5.74, 6) is 1.13. The van der Waals surface area contributed by atoms with Crippen molar-refractivity contribution in [2.45, 2.75) is 64.1 Å². The molecular weight excluding hydrogens is 288 g/mol. The van der Waals surface area contributed by atoms with Crippen LogP contribution in [0.1, 0.15) is 51.9 Å². The molecule has 0 aliphatic carbocycles. The second-order valence-electron chi connectivity index (χ2n) is 6.40. The number of carbonyl (C=O) groups excluding carboxylic acids is 1. The van der Waals surface area contributed by atoms with E-state index in [0.717, 1.165) is 44.8 Å². The lowest BCUT2D eigenvalue weighted by atomic mass is 9.93. The van der Waals surface area contributed by atoms with Crippen molar-refractivity contribution < 1.29 is 9.53 Å². The lowest BCUT2D eigenvalue weighted by molar-refractivity contribution is -0.133. The van der Waals surface area contributed by atoms with E-state index in [4.69, 9.17) is 4.74 Å². The predicted octanol–water partition coefficient (Wildman–Crippen LogP) is 2.60. The molecule has 1 amide bonds. The summed E-state index contributed by atoms with van der Waals surface area (Å²) >= 11 is 0. The van der Waals surface area contributed by atoms with Gasteiger partial charge in [-0.25, -0.2) is 0 Å². The molecule has 0 bridgehead atoms. The van der Waals surface area contributed by atoms with Gasteiger partial charge in [-0.05, 0) is 65.0 Å². The van der Waals surface area contributed by atoms with E-state index < -0.39 is 0 Å². The molecular formula is C16H31ClN2O2. The highest BCUT2D eigenvalue weighted by Gasteiger charge is 2.25. The van der Waals surface area contributed by atoms with Crippen LogP contribution < -0.4 is 5.32 Å². The molecule has 5 heteroatoms. The number of hydrogen-bond donors (Lipinski definition) is 1. The number of halogens is 1. The second kappa shape index (κ2) is 9.65. The minimum atomic E-state index is 0. The quantitative estimate of drug-likeness (QED) is 0.818. The smallest absolute Gasteiger partial charge is 0.222 e. The van der Waals surface area contributed by atoms with Crippen LogP contribution in [0, 0.1) is 5.92 Å². The zero-order valence-corrected chi connectivity index (χ0v) is 14.3. The highest BCUT2D eigenvalue weighted by Crippen LogP contribution is 2.24. The molecule has 0 aromatic heterocycles. The molecule has 0 aromatic rings. The monoisotopic (exact) mass is 318 g/mol. The molecule has 124 valence electrons. The van der Waals surface area contributed by atoms with E-state index in [1.54, 1.807) is 0 Å². The van der Waals surface area contributed by atoms with Crippen LogP contribution in [0.2, 0.25) is 0 Å². The third-order valence-electron chi connectivity index (χ3n) is 4.77. The second-order valence-corrected chi connectivity index (χ2v) is 6.40. The molecule has 2 saturated heterocycles. The molecule has 0 spiro atoms. The maximum atomic E-state index is 12.2. The number of nitrogens with zero attached hydrogens (tertiary/aromatic N) is 1. The van der Waals surface area contributed by atoms with Gasteiger partial charge in [-0.2, -0.15) is 0 Å². The predicted molar refractivity (Wildman–Crippen MR) is 87.9 cm³/mol. The molecule has 2 aliphatic heterocycles. The Kier molecular flexibility index (Phi) is 8.60. The van der Waals surface area contributed by atoms with Crippen molar-refractivity contribution in [2.75, 3.05) is 26.7 Å². The largest absolute Gasteiger partial charge is 0.375 e. The molecule has 2 heterocycles. The lowest BCUT2D eigenvalue weighted by Gasteiger charge is -2.32. The van der Waals surface area contributed by atoms with E-state index in [-0.39, 0.29) is 12.4 Å². The number of ether oxygens (including phenoxy) is 1. The molecule has 0 saturated carbocycles. The van der Waals surface area contributed by atoms with Crippen LogP contribution in [-0.2, 0) is 9.53 Å². The van der Waals surface area contributed by atoms with Gasteiger partial charge in [0, 0.05) is 19.5 Å². The molecule has 2 atom stereocenters. The summed E-state index contributed by atoms with van der Waals surface area (Å²) in [6.07, 6.45) is 8.14. The fourth-order valence-corrected chi connectivity index (χ4v) is 3.36. The Morgan fingerprint density at radius 2 is 1.90 bits per heavy atom. The summed E-state index contributed by atoms with van der Waals surface area (Å²) in [5.41, 5.74) is 0. The fraction of sp³-hybridized carbons (Fsp3) is 0.938. The highest BCUT2D eigenvalue weighted by molar-refractivity contribution is 5.85. The van der Waals surface area contributed by atoms with E-state index in [1.165, 1.54) is 19.3 Å². The fourth-order valence-electron chi connectivity index (χ4n) is 3.36. The molecule has 0 aromatic carbocycles. The first kappa shape index (κ1) is 18.7. The van der Waals surface area contributed by atoms with Gasteiger partial charge < -0.3 is 15.0 Å². The first-order valence-electron chi connectivity index (χ1n) is 8.27. The Bertz CT molecular complexity index is 307. The summed E-state index contributed by atoms with van der Waals surface area (Å²) in [4.78, 5) is 14.3. The van der Waals surface area contributed by atoms with Crippen LogP contribution in [0.15, 0.2) is 0 Å². The normalized spacial score (nSPS) is 26.7. The minimum absolute atomic E-state index is 0. The van der Waals surface area contributed by atoms with E-state index in [9.17, 15) is 4.79 Å². The SMILES string of the molecule is CNCCC1CCN(C(=O)CCC2CCC(C)O2)CC1.Cl. The van der Waals surface area contributed by atoms with Gasteiger partial charge in [0.2, 0.25) is 5.91 Å². The van der Waals surface area contributed by atoms with E-state index >= 15 is 0 Å². The molecule has 2 unspecified atom stereocenters. The van der Waals surface area contributed by atoms with Crippen molar-refractivity contribution >= 4 is 18.3 Å². The van der Waals surface area contributed by atoms with Crippen LogP contribution >= 0.6 is 12.4 Å². The zero-order valence-electron chi connectivity index (χ0n) is 13.5. The van der Waals surface area contributed by atoms with E-state index in [2.05, 4.69) is 17.1 Å². The summed E-state index contributed by atoms with van der Waals surface area (Å²) in [6, 6.07) is 0. The number of carbonyl (C=O) groups is 1. The van der Waals surface area contributed by atoms with Crippen molar-refractivity contribution in [1.82, 2.24) is 10.2 Å². The summed E-state index contributed by atoms with van der Waals surface area (Å²) in [6.45, 7) is 5.12. The molecule has 0 radical (unpaired) electrons. The van der Waals surface area contributed by atoms with Gasteiger partial charge in [0.15, 0.2) is 0 Å². The number of likely N-dealkylation sites (tertiary alicyclic amines) is 1. The molecule has 2 rings (SSSR count). The average molecular weight is 319 g/mol. The van der Waals surface area contributed by atoms with Gasteiger partial charge in [0.1, 0.15) is 0 Å². The third kappa shape index (κ3) is 6.13. The number of rotatable bonds is 6. The lowest BCUT2D eigenvalue weighted by Crippen LogP contribution is -2.39.